The first-order valence-electron chi connectivity index (χ1n) is 8.73. The maximum atomic E-state index is 11.3. The lowest BCUT2D eigenvalue weighted by molar-refractivity contribution is 0.144. The van der Waals surface area contributed by atoms with Crippen molar-refractivity contribution in [2.75, 3.05) is 13.2 Å². The molecular weight excluding hydrogens is 250 g/mol. The fourth-order valence-electron chi connectivity index (χ4n) is 2.94. The summed E-state index contributed by atoms with van der Waals surface area (Å²) < 4.78 is 5.04. The molecule has 20 heavy (non-hydrogen) atoms. The number of hydrogen-bond donors (Lipinski definition) is 1. The number of rotatable bonds is 10. The summed E-state index contributed by atoms with van der Waals surface area (Å²) in [6.45, 7) is 3.40. The monoisotopic (exact) mass is 283 g/mol. The molecule has 0 aromatic heterocycles. The summed E-state index contributed by atoms with van der Waals surface area (Å²) in [6.07, 6.45) is 15.5. The number of carbonyl (C=O) groups excluding carboxylic acids is 1. The molecule has 1 saturated carbocycles. The van der Waals surface area contributed by atoms with Gasteiger partial charge in [0.15, 0.2) is 0 Å². The summed E-state index contributed by atoms with van der Waals surface area (Å²) in [6, 6.07) is 0. The minimum Gasteiger partial charge on any atom is -0.450 e. The lowest BCUT2D eigenvalue weighted by Gasteiger charge is -2.21. The van der Waals surface area contributed by atoms with Crippen LogP contribution in [0.3, 0.4) is 0 Å². The molecule has 0 unspecified atom stereocenters. The van der Waals surface area contributed by atoms with Gasteiger partial charge in [0.2, 0.25) is 0 Å². The maximum absolute atomic E-state index is 11.3. The molecule has 1 N–H and O–H groups in total. The van der Waals surface area contributed by atoms with Crippen molar-refractivity contribution < 1.29 is 9.53 Å². The van der Waals surface area contributed by atoms with Crippen molar-refractivity contribution in [3.05, 3.63) is 0 Å². The zero-order chi connectivity index (χ0) is 14.5. The van der Waals surface area contributed by atoms with E-state index in [9.17, 15) is 4.79 Å². The standard InChI is InChI=1S/C17H33NO2/c1-2-3-15-20-17(19)18-14-10-5-4-7-11-16-12-8-6-9-13-16/h16H,2-15H2,1H3,(H,18,19). The van der Waals surface area contributed by atoms with Crippen molar-refractivity contribution in [1.82, 2.24) is 5.32 Å². The van der Waals surface area contributed by atoms with E-state index < -0.39 is 0 Å². The number of amides is 1. The lowest BCUT2D eigenvalue weighted by atomic mass is 9.85. The molecule has 0 aromatic rings. The van der Waals surface area contributed by atoms with E-state index in [1.165, 1.54) is 57.8 Å². The average Bonchev–Trinajstić information content (AvgIpc) is 2.47. The fraction of sp³-hybridized carbons (Fsp3) is 0.941. The summed E-state index contributed by atoms with van der Waals surface area (Å²) in [5, 5.41) is 2.82. The van der Waals surface area contributed by atoms with Crippen LogP contribution in [0.1, 0.15) is 84.0 Å². The van der Waals surface area contributed by atoms with Crippen LogP contribution < -0.4 is 5.32 Å². The maximum Gasteiger partial charge on any atom is 0.407 e. The molecule has 0 radical (unpaired) electrons. The van der Waals surface area contributed by atoms with Gasteiger partial charge in [-0.25, -0.2) is 4.79 Å². The molecule has 1 fully saturated rings. The minimum absolute atomic E-state index is 0.249. The zero-order valence-electron chi connectivity index (χ0n) is 13.3. The lowest BCUT2D eigenvalue weighted by Crippen LogP contribution is -2.25. The topological polar surface area (TPSA) is 38.3 Å². The zero-order valence-corrected chi connectivity index (χ0v) is 13.3. The van der Waals surface area contributed by atoms with Gasteiger partial charge < -0.3 is 10.1 Å². The van der Waals surface area contributed by atoms with Gasteiger partial charge in [-0.2, -0.15) is 0 Å². The van der Waals surface area contributed by atoms with Gasteiger partial charge in [0.05, 0.1) is 6.61 Å². The molecule has 1 aliphatic rings. The highest BCUT2D eigenvalue weighted by atomic mass is 16.5. The summed E-state index contributed by atoms with van der Waals surface area (Å²) in [7, 11) is 0. The van der Waals surface area contributed by atoms with E-state index in [2.05, 4.69) is 12.2 Å². The first-order chi connectivity index (χ1) is 9.83. The third-order valence-electron chi connectivity index (χ3n) is 4.26. The Bertz CT molecular complexity index is 237. The van der Waals surface area contributed by atoms with E-state index in [0.29, 0.717) is 6.61 Å². The Hall–Kier alpha value is -0.730. The van der Waals surface area contributed by atoms with Crippen LogP contribution in [0.15, 0.2) is 0 Å². The summed E-state index contributed by atoms with van der Waals surface area (Å²) in [4.78, 5) is 11.3. The average molecular weight is 283 g/mol. The largest absolute Gasteiger partial charge is 0.450 e. The predicted octanol–water partition coefficient (Wildman–Crippen LogP) is 5.04. The Morgan fingerprint density at radius 1 is 1.05 bits per heavy atom. The fourth-order valence-corrected chi connectivity index (χ4v) is 2.94. The Labute approximate surface area is 124 Å². The van der Waals surface area contributed by atoms with Crippen LogP contribution in [0.5, 0.6) is 0 Å². The Morgan fingerprint density at radius 3 is 2.55 bits per heavy atom. The highest BCUT2D eigenvalue weighted by Crippen LogP contribution is 2.27. The van der Waals surface area contributed by atoms with Gasteiger partial charge in [0, 0.05) is 6.54 Å². The van der Waals surface area contributed by atoms with Crippen molar-refractivity contribution in [1.29, 1.82) is 0 Å². The van der Waals surface area contributed by atoms with Gasteiger partial charge in [0.25, 0.3) is 0 Å². The molecule has 3 heteroatoms. The third kappa shape index (κ3) is 9.22. The van der Waals surface area contributed by atoms with Crippen LogP contribution >= 0.6 is 0 Å². The molecule has 0 heterocycles. The Kier molecular flexibility index (Phi) is 10.4. The van der Waals surface area contributed by atoms with Gasteiger partial charge in [-0.15, -0.1) is 0 Å². The number of alkyl carbamates (subject to hydrolysis) is 1. The molecule has 3 nitrogen and oxygen atoms in total. The van der Waals surface area contributed by atoms with Crippen LogP contribution in [0.4, 0.5) is 4.79 Å². The van der Waals surface area contributed by atoms with Gasteiger partial charge in [-0.1, -0.05) is 71.1 Å². The van der Waals surface area contributed by atoms with E-state index in [-0.39, 0.29) is 6.09 Å². The number of hydrogen-bond acceptors (Lipinski definition) is 2. The van der Waals surface area contributed by atoms with Crippen LogP contribution in [-0.2, 0) is 4.74 Å². The van der Waals surface area contributed by atoms with Crippen molar-refractivity contribution >= 4 is 6.09 Å². The van der Waals surface area contributed by atoms with E-state index in [4.69, 9.17) is 4.74 Å². The van der Waals surface area contributed by atoms with Gasteiger partial charge in [-0.05, 0) is 18.8 Å². The van der Waals surface area contributed by atoms with Crippen LogP contribution in [-0.4, -0.2) is 19.2 Å². The second-order valence-corrected chi connectivity index (χ2v) is 6.12. The molecule has 0 atom stereocenters. The molecule has 0 spiro atoms. The molecule has 118 valence electrons. The Morgan fingerprint density at radius 2 is 1.80 bits per heavy atom. The van der Waals surface area contributed by atoms with Gasteiger partial charge >= 0.3 is 6.09 Å². The number of nitrogens with one attached hydrogen (secondary N) is 1. The van der Waals surface area contributed by atoms with E-state index in [1.807, 2.05) is 0 Å². The predicted molar refractivity (Wildman–Crippen MR) is 83.9 cm³/mol. The highest BCUT2D eigenvalue weighted by Gasteiger charge is 2.12. The molecule has 1 rings (SSSR count). The first-order valence-corrected chi connectivity index (χ1v) is 8.73. The van der Waals surface area contributed by atoms with Crippen LogP contribution in [0.2, 0.25) is 0 Å². The molecular formula is C17H33NO2. The molecule has 0 aliphatic heterocycles. The van der Waals surface area contributed by atoms with Gasteiger partial charge in [-0.3, -0.25) is 0 Å². The molecule has 0 bridgehead atoms. The first kappa shape index (κ1) is 17.3. The summed E-state index contributed by atoms with van der Waals surface area (Å²) in [5.74, 6) is 1.01. The normalized spacial score (nSPS) is 16.1. The van der Waals surface area contributed by atoms with Crippen LogP contribution in [0.25, 0.3) is 0 Å². The number of unbranched alkanes of at least 4 members (excludes halogenated alkanes) is 4. The van der Waals surface area contributed by atoms with E-state index in [1.54, 1.807) is 0 Å². The second kappa shape index (κ2) is 12.0. The molecule has 1 amide bonds. The van der Waals surface area contributed by atoms with Crippen molar-refractivity contribution in [2.24, 2.45) is 5.92 Å². The summed E-state index contributed by atoms with van der Waals surface area (Å²) in [5.41, 5.74) is 0. The quantitative estimate of drug-likeness (QED) is 0.570. The molecule has 1 aliphatic carbocycles. The minimum atomic E-state index is -0.249. The smallest absolute Gasteiger partial charge is 0.407 e. The highest BCUT2D eigenvalue weighted by molar-refractivity contribution is 5.66. The summed E-state index contributed by atoms with van der Waals surface area (Å²) >= 11 is 0. The van der Waals surface area contributed by atoms with E-state index >= 15 is 0 Å². The number of ether oxygens (including phenoxy) is 1. The second-order valence-electron chi connectivity index (χ2n) is 6.12. The molecule has 0 aromatic carbocycles. The Balaban J connectivity index is 1.81. The van der Waals surface area contributed by atoms with Gasteiger partial charge in [0.1, 0.15) is 0 Å². The third-order valence-corrected chi connectivity index (χ3v) is 4.26. The molecule has 0 saturated heterocycles. The number of carbonyl (C=O) groups is 1. The van der Waals surface area contributed by atoms with Crippen molar-refractivity contribution in [3.63, 3.8) is 0 Å². The van der Waals surface area contributed by atoms with Crippen LogP contribution in [0, 0.1) is 5.92 Å². The van der Waals surface area contributed by atoms with Crippen molar-refractivity contribution in [2.45, 2.75) is 84.0 Å². The SMILES string of the molecule is CCCCOC(=O)NCCCCCCC1CCCCC1. The van der Waals surface area contributed by atoms with Crippen molar-refractivity contribution in [3.8, 4) is 0 Å². The van der Waals surface area contributed by atoms with E-state index in [0.717, 1.165) is 31.7 Å².